The Balaban J connectivity index is 1.95. The fourth-order valence-corrected chi connectivity index (χ4v) is 1.99. The molecule has 1 fully saturated rings. The average molecular weight is 274 g/mol. The maximum Gasteiger partial charge on any atom is 0.330 e. The van der Waals surface area contributed by atoms with Crippen LogP contribution in [-0.2, 0) is 9.73 Å². The molecule has 1 aromatic rings. The molecule has 0 aliphatic carbocycles. The van der Waals surface area contributed by atoms with Crippen LogP contribution >= 0.6 is 0 Å². The van der Waals surface area contributed by atoms with Crippen molar-refractivity contribution in [1.29, 1.82) is 0 Å². The van der Waals surface area contributed by atoms with E-state index in [4.69, 9.17) is 4.94 Å². The Bertz CT molecular complexity index is 626. The molecule has 2 aliphatic heterocycles. The second-order valence-electron chi connectivity index (χ2n) is 4.16. The molecule has 0 spiro atoms. The topological polar surface area (TPSA) is 96.7 Å². The summed E-state index contributed by atoms with van der Waals surface area (Å²) in [5.41, 5.74) is 3.39. The number of hydroxylamine groups is 3. The van der Waals surface area contributed by atoms with Crippen LogP contribution in [0.4, 0.5) is 5.69 Å². The summed E-state index contributed by atoms with van der Waals surface area (Å²) in [7, 11) is 0. The van der Waals surface area contributed by atoms with E-state index in [0.29, 0.717) is 5.70 Å². The van der Waals surface area contributed by atoms with Crippen LogP contribution in [0.3, 0.4) is 0 Å². The highest BCUT2D eigenvalue weighted by Gasteiger charge is 2.42. The van der Waals surface area contributed by atoms with Gasteiger partial charge in [0.25, 0.3) is 5.91 Å². The fraction of sp³-hybridized carbons (Fsp3) is 0.0833. The van der Waals surface area contributed by atoms with E-state index >= 15 is 0 Å². The van der Waals surface area contributed by atoms with Gasteiger partial charge in [-0.3, -0.25) is 14.9 Å². The largest absolute Gasteiger partial charge is 0.354 e. The summed E-state index contributed by atoms with van der Waals surface area (Å²) >= 11 is 0. The summed E-state index contributed by atoms with van der Waals surface area (Å²) in [6, 6.07) is 9.17. The number of para-hydroxylation sites is 1. The number of benzene rings is 1. The molecule has 0 saturated carbocycles. The molecule has 2 aliphatic rings. The second-order valence-corrected chi connectivity index (χ2v) is 4.16. The van der Waals surface area contributed by atoms with E-state index in [-0.39, 0.29) is 5.70 Å². The van der Waals surface area contributed by atoms with Gasteiger partial charge in [-0.15, -0.1) is 10.0 Å². The van der Waals surface area contributed by atoms with Gasteiger partial charge in [-0.05, 0) is 18.2 Å². The van der Waals surface area contributed by atoms with E-state index in [1.165, 1.54) is 12.2 Å². The van der Waals surface area contributed by atoms with Crippen LogP contribution in [0.15, 0.2) is 53.9 Å². The summed E-state index contributed by atoms with van der Waals surface area (Å²) in [5, 5.41) is 14.9. The van der Waals surface area contributed by atoms with Crippen LogP contribution in [0, 0.1) is 10.1 Å². The molecule has 1 aromatic carbocycles. The quantitative estimate of drug-likeness (QED) is 0.624. The lowest BCUT2D eigenvalue weighted by Crippen LogP contribution is -2.39. The molecule has 1 amide bonds. The minimum atomic E-state index is -1.23. The van der Waals surface area contributed by atoms with Gasteiger partial charge in [0, 0.05) is 11.8 Å². The van der Waals surface area contributed by atoms with E-state index in [2.05, 4.69) is 10.8 Å². The van der Waals surface area contributed by atoms with E-state index in [1.54, 1.807) is 0 Å². The van der Waals surface area contributed by atoms with Gasteiger partial charge in [-0.1, -0.05) is 18.2 Å². The second kappa shape index (κ2) is 4.67. The first-order valence-corrected chi connectivity index (χ1v) is 5.81. The maximum absolute atomic E-state index is 11.7. The molecule has 8 heteroatoms. The number of fused-ring (bicyclic) bond motifs is 1. The Hall–Kier alpha value is -2.87. The third-order valence-electron chi connectivity index (χ3n) is 2.87. The molecule has 0 bridgehead atoms. The minimum absolute atomic E-state index is 0.0815. The van der Waals surface area contributed by atoms with Gasteiger partial charge in [0.1, 0.15) is 0 Å². The van der Waals surface area contributed by atoms with Crippen molar-refractivity contribution in [3.63, 3.8) is 0 Å². The number of allylic oxidation sites excluding steroid dienone is 1. The van der Waals surface area contributed by atoms with Gasteiger partial charge in [-0.2, -0.15) is 0 Å². The number of carbonyl (C=O) groups excluding carboxylic acids is 1. The van der Waals surface area contributed by atoms with Crippen molar-refractivity contribution in [2.75, 3.05) is 5.32 Å². The maximum atomic E-state index is 11.7. The van der Waals surface area contributed by atoms with E-state index in [0.717, 1.165) is 10.8 Å². The number of nitro groups is 1. The molecule has 102 valence electrons. The Morgan fingerprint density at radius 1 is 1.35 bits per heavy atom. The van der Waals surface area contributed by atoms with Crippen LogP contribution in [-0.4, -0.2) is 22.1 Å². The lowest BCUT2D eigenvalue weighted by Gasteiger charge is -2.22. The minimum Gasteiger partial charge on any atom is -0.354 e. The van der Waals surface area contributed by atoms with Gasteiger partial charge in [-0.25, -0.2) is 5.48 Å². The van der Waals surface area contributed by atoms with Gasteiger partial charge in [0.05, 0.1) is 10.6 Å². The zero-order valence-electron chi connectivity index (χ0n) is 10.1. The zero-order valence-corrected chi connectivity index (χ0v) is 10.1. The number of nitrogens with one attached hydrogen (secondary N) is 2. The van der Waals surface area contributed by atoms with Gasteiger partial charge >= 0.3 is 6.17 Å². The number of nitrogens with zero attached hydrogens (tertiary/aromatic N) is 2. The van der Waals surface area contributed by atoms with Crippen LogP contribution in [0.2, 0.25) is 0 Å². The normalized spacial score (nSPS) is 20.7. The van der Waals surface area contributed by atoms with Crippen LogP contribution in [0.1, 0.15) is 0 Å². The van der Waals surface area contributed by atoms with Crippen molar-refractivity contribution in [1.82, 2.24) is 10.5 Å². The van der Waals surface area contributed by atoms with Crippen molar-refractivity contribution >= 4 is 11.6 Å². The van der Waals surface area contributed by atoms with Crippen LogP contribution in [0.25, 0.3) is 0 Å². The third kappa shape index (κ3) is 1.97. The number of amides is 1. The predicted molar refractivity (Wildman–Crippen MR) is 68.1 cm³/mol. The first kappa shape index (κ1) is 12.2. The molecule has 20 heavy (non-hydrogen) atoms. The Labute approximate surface area is 113 Å². The number of hydrogen-bond acceptors (Lipinski definition) is 6. The number of anilines is 1. The van der Waals surface area contributed by atoms with Crippen molar-refractivity contribution in [3.8, 4) is 0 Å². The molecular formula is C12H10N4O4. The molecule has 2 N–H and O–H groups in total. The van der Waals surface area contributed by atoms with E-state index in [1.807, 2.05) is 30.3 Å². The third-order valence-corrected chi connectivity index (χ3v) is 2.87. The van der Waals surface area contributed by atoms with E-state index in [9.17, 15) is 14.9 Å². The smallest absolute Gasteiger partial charge is 0.330 e. The average Bonchev–Trinajstić information content (AvgIpc) is 2.83. The highest BCUT2D eigenvalue weighted by molar-refractivity contribution is 5.95. The molecular weight excluding hydrogens is 264 g/mol. The fourth-order valence-electron chi connectivity index (χ4n) is 1.99. The summed E-state index contributed by atoms with van der Waals surface area (Å²) in [4.78, 5) is 27.0. The highest BCUT2D eigenvalue weighted by atomic mass is 16.8. The lowest BCUT2D eigenvalue weighted by atomic mass is 10.2. The van der Waals surface area contributed by atoms with Crippen molar-refractivity contribution < 1.29 is 14.7 Å². The molecule has 3 rings (SSSR count). The van der Waals surface area contributed by atoms with Gasteiger partial charge < -0.3 is 5.32 Å². The highest BCUT2D eigenvalue weighted by Crippen LogP contribution is 2.26. The summed E-state index contributed by atoms with van der Waals surface area (Å²) in [6.07, 6.45) is 1.61. The number of hydrogen-bond donors (Lipinski definition) is 2. The van der Waals surface area contributed by atoms with Gasteiger partial charge in [0.2, 0.25) is 0 Å². The van der Waals surface area contributed by atoms with Crippen molar-refractivity contribution in [3.05, 3.63) is 64.0 Å². The first-order chi connectivity index (χ1) is 9.66. The van der Waals surface area contributed by atoms with Gasteiger partial charge in [0.15, 0.2) is 5.70 Å². The Morgan fingerprint density at radius 2 is 2.10 bits per heavy atom. The standard InChI is InChI=1S/C12H10N4O4/c17-12-11-9(13-8-4-2-1-3-5-8)6-7-10(16(18)19)15(11)20-14-12/h1-7,10,13H,(H,14,17). The predicted octanol–water partition coefficient (Wildman–Crippen LogP) is 0.761. The van der Waals surface area contributed by atoms with Crippen LogP contribution in [0.5, 0.6) is 0 Å². The zero-order chi connectivity index (χ0) is 14.1. The summed E-state index contributed by atoms with van der Waals surface area (Å²) in [6.45, 7) is 0. The summed E-state index contributed by atoms with van der Waals surface area (Å²) < 4.78 is 0. The van der Waals surface area contributed by atoms with Crippen molar-refractivity contribution in [2.24, 2.45) is 0 Å². The first-order valence-electron chi connectivity index (χ1n) is 5.81. The lowest BCUT2D eigenvalue weighted by molar-refractivity contribution is -0.557. The van der Waals surface area contributed by atoms with Crippen molar-refractivity contribution in [2.45, 2.75) is 6.17 Å². The molecule has 0 aromatic heterocycles. The Kier molecular flexibility index (Phi) is 2.84. The van der Waals surface area contributed by atoms with Crippen LogP contribution < -0.4 is 10.8 Å². The molecule has 1 unspecified atom stereocenters. The summed E-state index contributed by atoms with van der Waals surface area (Å²) in [5.74, 6) is -0.528. The SMILES string of the molecule is O=C1NON2C1=C(Nc1ccccc1)C=CC2[N+](=O)[O-]. The number of carbonyl (C=O) groups is 1. The molecule has 1 saturated heterocycles. The van der Waals surface area contributed by atoms with E-state index < -0.39 is 17.0 Å². The Morgan fingerprint density at radius 3 is 2.80 bits per heavy atom. The monoisotopic (exact) mass is 274 g/mol. The molecule has 2 heterocycles. The molecule has 0 radical (unpaired) electrons. The number of rotatable bonds is 3. The molecule has 1 atom stereocenters. The molecule has 8 nitrogen and oxygen atoms in total.